The second-order valence-electron chi connectivity index (χ2n) is 9.53. The van der Waals surface area contributed by atoms with E-state index in [9.17, 15) is 4.79 Å². The molecule has 3 heterocycles. The van der Waals surface area contributed by atoms with E-state index >= 15 is 0 Å². The number of halogens is 1. The van der Waals surface area contributed by atoms with Crippen LogP contribution in [0.5, 0.6) is 5.75 Å². The van der Waals surface area contributed by atoms with Gasteiger partial charge in [0.25, 0.3) is 5.91 Å². The van der Waals surface area contributed by atoms with Crippen molar-refractivity contribution in [1.29, 1.82) is 0 Å². The summed E-state index contributed by atoms with van der Waals surface area (Å²) in [6.07, 6.45) is 3.78. The first-order valence-corrected chi connectivity index (χ1v) is 12.1. The number of ether oxygens (including phenoxy) is 1. The van der Waals surface area contributed by atoms with Crippen molar-refractivity contribution in [3.63, 3.8) is 0 Å². The molecule has 0 aliphatic carbocycles. The molecule has 1 aliphatic heterocycles. The number of aromatic amines is 1. The molecule has 1 aromatic carbocycles. The molecule has 34 heavy (non-hydrogen) atoms. The number of amides is 1. The SMILES string of the molecule is CNC(=O)C(C)(C)Oc1ccc(-c2nc3ncc(Cl)c(NC4CCN(C(C)C)CC4)c3[nH]2)cc1. The number of pyridine rings is 1. The highest BCUT2D eigenvalue weighted by Crippen LogP contribution is 2.33. The van der Waals surface area contributed by atoms with Crippen LogP contribution >= 0.6 is 11.6 Å². The Bertz CT molecular complexity index is 1150. The van der Waals surface area contributed by atoms with Gasteiger partial charge in [-0.3, -0.25) is 4.79 Å². The first kappa shape index (κ1) is 24.3. The van der Waals surface area contributed by atoms with Crippen molar-refractivity contribution in [3.05, 3.63) is 35.5 Å². The summed E-state index contributed by atoms with van der Waals surface area (Å²) in [6, 6.07) is 8.39. The summed E-state index contributed by atoms with van der Waals surface area (Å²) in [4.78, 5) is 27.0. The average molecular weight is 485 g/mol. The number of nitrogens with zero attached hydrogens (tertiary/aromatic N) is 3. The summed E-state index contributed by atoms with van der Waals surface area (Å²) in [5.41, 5.74) is 2.18. The van der Waals surface area contributed by atoms with Gasteiger partial charge in [0.05, 0.1) is 16.9 Å². The van der Waals surface area contributed by atoms with Crippen molar-refractivity contribution < 1.29 is 9.53 Å². The van der Waals surface area contributed by atoms with Gasteiger partial charge in [-0.15, -0.1) is 0 Å². The minimum atomic E-state index is -0.970. The summed E-state index contributed by atoms with van der Waals surface area (Å²) < 4.78 is 5.86. The summed E-state index contributed by atoms with van der Waals surface area (Å²) in [5, 5.41) is 6.84. The molecule has 2 aromatic heterocycles. The van der Waals surface area contributed by atoms with Crippen LogP contribution in [0.1, 0.15) is 40.5 Å². The Kier molecular flexibility index (Phi) is 7.00. The van der Waals surface area contributed by atoms with Crippen LogP contribution in [0, 0.1) is 0 Å². The number of likely N-dealkylation sites (tertiary alicyclic amines) is 1. The summed E-state index contributed by atoms with van der Waals surface area (Å²) in [6.45, 7) is 10.1. The number of imidazole rings is 1. The molecule has 0 bridgehead atoms. The summed E-state index contributed by atoms with van der Waals surface area (Å²) >= 11 is 6.54. The number of hydrogen-bond acceptors (Lipinski definition) is 6. The maximum absolute atomic E-state index is 12.0. The van der Waals surface area contributed by atoms with E-state index in [1.54, 1.807) is 27.1 Å². The second-order valence-corrected chi connectivity index (χ2v) is 9.94. The van der Waals surface area contributed by atoms with E-state index in [1.807, 2.05) is 24.3 Å². The lowest BCUT2D eigenvalue weighted by Gasteiger charge is -2.35. The number of benzene rings is 1. The van der Waals surface area contributed by atoms with E-state index in [0.29, 0.717) is 34.3 Å². The highest BCUT2D eigenvalue weighted by molar-refractivity contribution is 6.34. The molecular weight excluding hydrogens is 452 g/mol. The molecule has 4 rings (SSSR count). The number of nitrogens with one attached hydrogen (secondary N) is 3. The number of rotatable bonds is 7. The zero-order valence-electron chi connectivity index (χ0n) is 20.4. The lowest BCUT2D eigenvalue weighted by Crippen LogP contribution is -2.45. The molecule has 3 N–H and O–H groups in total. The third kappa shape index (κ3) is 5.13. The number of anilines is 1. The summed E-state index contributed by atoms with van der Waals surface area (Å²) in [7, 11) is 1.59. The predicted octanol–water partition coefficient (Wildman–Crippen LogP) is 4.47. The molecule has 1 saturated heterocycles. The van der Waals surface area contributed by atoms with Crippen LogP contribution in [0.3, 0.4) is 0 Å². The zero-order valence-corrected chi connectivity index (χ0v) is 21.2. The van der Waals surface area contributed by atoms with Gasteiger partial charge in [-0.05, 0) is 64.8 Å². The topological polar surface area (TPSA) is 95.2 Å². The number of likely N-dealkylation sites (N-methyl/N-ethyl adjacent to an activating group) is 1. The molecule has 0 spiro atoms. The van der Waals surface area contributed by atoms with Gasteiger partial charge in [0.1, 0.15) is 17.1 Å². The van der Waals surface area contributed by atoms with Crippen molar-refractivity contribution in [2.24, 2.45) is 0 Å². The molecule has 1 amide bonds. The minimum Gasteiger partial charge on any atom is -0.478 e. The fourth-order valence-electron chi connectivity index (χ4n) is 4.30. The van der Waals surface area contributed by atoms with Crippen LogP contribution in [0.2, 0.25) is 5.02 Å². The Morgan fingerprint density at radius 2 is 1.91 bits per heavy atom. The van der Waals surface area contributed by atoms with Gasteiger partial charge in [-0.2, -0.15) is 0 Å². The number of carbonyl (C=O) groups is 1. The molecule has 0 atom stereocenters. The van der Waals surface area contributed by atoms with Gasteiger partial charge in [-0.1, -0.05) is 11.6 Å². The van der Waals surface area contributed by atoms with Crippen LogP contribution in [-0.2, 0) is 4.79 Å². The normalized spacial score (nSPS) is 15.6. The minimum absolute atomic E-state index is 0.188. The van der Waals surface area contributed by atoms with Gasteiger partial charge >= 0.3 is 0 Å². The predicted molar refractivity (Wildman–Crippen MR) is 136 cm³/mol. The molecule has 0 saturated carbocycles. The van der Waals surface area contributed by atoms with Crippen molar-refractivity contribution in [1.82, 2.24) is 25.2 Å². The van der Waals surface area contributed by atoms with E-state index in [-0.39, 0.29) is 5.91 Å². The molecule has 1 aliphatic rings. The van der Waals surface area contributed by atoms with E-state index in [0.717, 1.165) is 42.7 Å². The quantitative estimate of drug-likeness (QED) is 0.458. The lowest BCUT2D eigenvalue weighted by molar-refractivity contribution is -0.133. The van der Waals surface area contributed by atoms with Crippen molar-refractivity contribution in [3.8, 4) is 17.1 Å². The van der Waals surface area contributed by atoms with Crippen LogP contribution in [0.15, 0.2) is 30.5 Å². The monoisotopic (exact) mass is 484 g/mol. The Balaban J connectivity index is 1.53. The molecule has 9 heteroatoms. The van der Waals surface area contributed by atoms with Gasteiger partial charge in [0.15, 0.2) is 11.2 Å². The molecule has 0 radical (unpaired) electrons. The number of fused-ring (bicyclic) bond motifs is 1. The molecule has 0 unspecified atom stereocenters. The van der Waals surface area contributed by atoms with E-state index in [4.69, 9.17) is 16.3 Å². The van der Waals surface area contributed by atoms with Crippen molar-refractivity contribution in [2.75, 3.05) is 25.5 Å². The Morgan fingerprint density at radius 3 is 2.53 bits per heavy atom. The van der Waals surface area contributed by atoms with E-state index < -0.39 is 5.60 Å². The second kappa shape index (κ2) is 9.80. The zero-order chi connectivity index (χ0) is 24.5. The van der Waals surface area contributed by atoms with E-state index in [1.165, 1.54) is 0 Å². The number of H-pyrrole nitrogens is 1. The lowest BCUT2D eigenvalue weighted by atomic mass is 10.0. The number of hydrogen-bond donors (Lipinski definition) is 3. The largest absolute Gasteiger partial charge is 0.478 e. The smallest absolute Gasteiger partial charge is 0.263 e. The maximum atomic E-state index is 12.0. The number of carbonyl (C=O) groups excluding carboxylic acids is 1. The highest BCUT2D eigenvalue weighted by atomic mass is 35.5. The molecule has 182 valence electrons. The first-order valence-electron chi connectivity index (χ1n) is 11.7. The molecule has 8 nitrogen and oxygen atoms in total. The highest BCUT2D eigenvalue weighted by Gasteiger charge is 2.29. The van der Waals surface area contributed by atoms with E-state index in [2.05, 4.69) is 44.3 Å². The van der Waals surface area contributed by atoms with Gasteiger partial charge in [0.2, 0.25) is 0 Å². The molecule has 3 aromatic rings. The standard InChI is InChI=1S/C25H33ClN6O2/c1-15(2)32-12-10-17(11-13-32)29-20-19(26)14-28-23-21(20)30-22(31-23)16-6-8-18(9-7-16)34-25(3,4)24(33)27-5/h6-9,14-15,17H,10-13H2,1-5H3,(H,27,33)(H2,28,29,30,31). The Labute approximate surface area is 205 Å². The molecule has 1 fully saturated rings. The molecular formula is C25H33ClN6O2. The van der Waals surface area contributed by atoms with Crippen LogP contribution < -0.4 is 15.4 Å². The Morgan fingerprint density at radius 1 is 1.24 bits per heavy atom. The van der Waals surface area contributed by atoms with Gasteiger partial charge < -0.3 is 25.3 Å². The Hall–Kier alpha value is -2.84. The number of piperidine rings is 1. The number of aromatic nitrogens is 3. The average Bonchev–Trinajstić information content (AvgIpc) is 3.25. The fourth-order valence-corrected chi connectivity index (χ4v) is 4.50. The van der Waals surface area contributed by atoms with Crippen LogP contribution in [0.25, 0.3) is 22.6 Å². The summed E-state index contributed by atoms with van der Waals surface area (Å²) in [5.74, 6) is 1.11. The van der Waals surface area contributed by atoms with Crippen molar-refractivity contribution >= 4 is 34.4 Å². The maximum Gasteiger partial charge on any atom is 0.263 e. The fraction of sp³-hybridized carbons (Fsp3) is 0.480. The van der Waals surface area contributed by atoms with Gasteiger partial charge in [0, 0.05) is 37.8 Å². The van der Waals surface area contributed by atoms with Gasteiger partial charge in [-0.25, -0.2) is 9.97 Å². The van der Waals surface area contributed by atoms with Crippen LogP contribution in [-0.4, -0.2) is 63.6 Å². The third-order valence-corrected chi connectivity index (χ3v) is 6.64. The van der Waals surface area contributed by atoms with Crippen molar-refractivity contribution in [2.45, 2.75) is 58.2 Å². The first-order chi connectivity index (χ1) is 16.2. The van der Waals surface area contributed by atoms with Crippen LogP contribution in [0.4, 0.5) is 5.69 Å². The third-order valence-electron chi connectivity index (χ3n) is 6.36.